The third-order valence-electron chi connectivity index (χ3n) is 3.59. The molecule has 1 aromatic heterocycles. The van der Waals surface area contributed by atoms with Crippen molar-refractivity contribution in [2.75, 3.05) is 11.4 Å². The first kappa shape index (κ1) is 15.8. The zero-order chi connectivity index (χ0) is 17.1. The second-order valence-electron chi connectivity index (χ2n) is 5.39. The number of benzene rings is 1. The van der Waals surface area contributed by atoms with Crippen LogP contribution in [-0.4, -0.2) is 22.2 Å². The van der Waals surface area contributed by atoms with Crippen LogP contribution in [0.2, 0.25) is 0 Å². The minimum absolute atomic E-state index is 0.125. The summed E-state index contributed by atoms with van der Waals surface area (Å²) in [5.74, 6) is -0.444. The lowest BCUT2D eigenvalue weighted by molar-refractivity contribution is 0.0953. The van der Waals surface area contributed by atoms with Crippen molar-refractivity contribution in [2.24, 2.45) is 0 Å². The van der Waals surface area contributed by atoms with E-state index in [0.29, 0.717) is 17.8 Å². The van der Waals surface area contributed by atoms with Crippen molar-refractivity contribution in [1.82, 2.24) is 9.78 Å². The monoisotopic (exact) mass is 353 g/mol. The van der Waals surface area contributed by atoms with E-state index in [9.17, 15) is 24.2 Å². The minimum Gasteiger partial charge on any atom is -0.305 e. The highest BCUT2D eigenvalue weighted by Crippen LogP contribution is 3.02. The molecule has 3 rings (SSSR count). The van der Waals surface area contributed by atoms with Gasteiger partial charge in [-0.1, -0.05) is 19.4 Å². The van der Waals surface area contributed by atoms with Crippen LogP contribution in [0.3, 0.4) is 0 Å². The maximum absolute atomic E-state index is 12.7. The number of hydrogen-bond acceptors (Lipinski definition) is 2. The van der Waals surface area contributed by atoms with Gasteiger partial charge in [0.25, 0.3) is 5.91 Å². The van der Waals surface area contributed by atoms with Gasteiger partial charge in [-0.2, -0.15) is 5.10 Å². The van der Waals surface area contributed by atoms with Gasteiger partial charge in [0, 0.05) is 18.4 Å². The molecule has 0 N–H and O–H groups in total. The Kier molecular flexibility index (Phi) is 2.78. The molecule has 23 heavy (non-hydrogen) atoms. The van der Waals surface area contributed by atoms with Crippen molar-refractivity contribution in [3.8, 4) is 0 Å². The molecule has 1 aromatic carbocycles. The quantitative estimate of drug-likeness (QED) is 0.730. The van der Waals surface area contributed by atoms with Crippen LogP contribution in [0.4, 0.5) is 25.1 Å². The van der Waals surface area contributed by atoms with E-state index in [4.69, 9.17) is 0 Å². The van der Waals surface area contributed by atoms with Crippen LogP contribution >= 0.6 is 10.2 Å². The third-order valence-corrected chi connectivity index (χ3v) is 4.76. The van der Waals surface area contributed by atoms with Gasteiger partial charge < -0.3 is 4.90 Å². The van der Waals surface area contributed by atoms with E-state index >= 15 is 0 Å². The van der Waals surface area contributed by atoms with Crippen molar-refractivity contribution >= 4 is 21.8 Å². The molecular weight excluding hydrogens is 341 g/mol. The highest BCUT2D eigenvalue weighted by molar-refractivity contribution is 8.45. The molecule has 1 amide bonds. The Hall–Kier alpha value is -2.10. The SMILES string of the molecule is CC1CN(c2ccc(S(F)(F)(F)(F)F)cc2)C(=O)c2ccnn21. The van der Waals surface area contributed by atoms with Crippen LogP contribution in [0.15, 0.2) is 41.4 Å². The Morgan fingerprint density at radius 1 is 1.09 bits per heavy atom. The Morgan fingerprint density at radius 3 is 2.26 bits per heavy atom. The van der Waals surface area contributed by atoms with Gasteiger partial charge in [0.1, 0.15) is 10.6 Å². The fraction of sp³-hybridized carbons (Fsp3) is 0.231. The van der Waals surface area contributed by atoms with Crippen molar-refractivity contribution in [1.29, 1.82) is 0 Å². The molecule has 0 aliphatic carbocycles. The van der Waals surface area contributed by atoms with E-state index in [0.717, 1.165) is 12.1 Å². The lowest BCUT2D eigenvalue weighted by Crippen LogP contribution is -2.42. The molecule has 0 bridgehead atoms. The number of carbonyl (C=O) groups excluding carboxylic acids is 1. The van der Waals surface area contributed by atoms with Gasteiger partial charge >= 0.3 is 10.2 Å². The van der Waals surface area contributed by atoms with Gasteiger partial charge in [0.2, 0.25) is 0 Å². The van der Waals surface area contributed by atoms with E-state index in [1.54, 1.807) is 6.92 Å². The minimum atomic E-state index is -9.71. The van der Waals surface area contributed by atoms with Gasteiger partial charge in [-0.3, -0.25) is 9.48 Å². The predicted molar refractivity (Wildman–Crippen MR) is 76.5 cm³/mol. The summed E-state index contributed by atoms with van der Waals surface area (Å²) in [5, 5.41) is 4.01. The third kappa shape index (κ3) is 2.78. The second-order valence-corrected chi connectivity index (χ2v) is 7.80. The van der Waals surface area contributed by atoms with E-state index in [1.165, 1.54) is 21.8 Å². The second kappa shape index (κ2) is 4.05. The molecule has 4 nitrogen and oxygen atoms in total. The van der Waals surface area contributed by atoms with Crippen molar-refractivity contribution in [3.63, 3.8) is 0 Å². The average molecular weight is 353 g/mol. The zero-order valence-electron chi connectivity index (χ0n) is 11.8. The summed E-state index contributed by atoms with van der Waals surface area (Å²) in [6.07, 6.45) is 1.45. The lowest BCUT2D eigenvalue weighted by atomic mass is 10.1. The van der Waals surface area contributed by atoms with Crippen LogP contribution in [0.5, 0.6) is 0 Å². The molecule has 0 radical (unpaired) electrons. The number of anilines is 1. The molecule has 10 heteroatoms. The maximum Gasteiger partial charge on any atom is 0.310 e. The van der Waals surface area contributed by atoms with Crippen LogP contribution in [-0.2, 0) is 0 Å². The molecule has 0 saturated carbocycles. The number of fused-ring (bicyclic) bond motifs is 1. The van der Waals surface area contributed by atoms with Gasteiger partial charge in [0.05, 0.1) is 6.04 Å². The van der Waals surface area contributed by atoms with Crippen LogP contribution in [0, 0.1) is 0 Å². The van der Waals surface area contributed by atoms with Gasteiger partial charge in [-0.05, 0) is 37.3 Å². The van der Waals surface area contributed by atoms with E-state index in [1.807, 2.05) is 0 Å². The zero-order valence-corrected chi connectivity index (χ0v) is 12.6. The smallest absolute Gasteiger partial charge is 0.305 e. The summed E-state index contributed by atoms with van der Waals surface area (Å²) in [4.78, 5) is 11.6. The van der Waals surface area contributed by atoms with Gasteiger partial charge in [0.15, 0.2) is 0 Å². The summed E-state index contributed by atoms with van der Waals surface area (Å²) in [6, 6.07) is 3.68. The van der Waals surface area contributed by atoms with Crippen molar-refractivity contribution < 1.29 is 24.2 Å². The summed E-state index contributed by atoms with van der Waals surface area (Å²) in [5.41, 5.74) is 0.417. The fourth-order valence-electron chi connectivity index (χ4n) is 2.50. The van der Waals surface area contributed by atoms with E-state index in [-0.39, 0.29) is 18.3 Å². The Balaban J connectivity index is 1.97. The first-order valence-corrected chi connectivity index (χ1v) is 8.51. The molecule has 1 unspecified atom stereocenters. The number of nitrogens with zero attached hydrogens (tertiary/aromatic N) is 3. The molecule has 1 atom stereocenters. The first-order chi connectivity index (χ1) is 10.4. The van der Waals surface area contributed by atoms with Crippen molar-refractivity contribution in [3.05, 3.63) is 42.2 Å². The number of amides is 1. The molecule has 2 heterocycles. The largest absolute Gasteiger partial charge is 0.310 e. The molecule has 0 fully saturated rings. The highest BCUT2D eigenvalue weighted by atomic mass is 32.5. The van der Waals surface area contributed by atoms with Crippen LogP contribution in [0.1, 0.15) is 23.5 Å². The lowest BCUT2D eigenvalue weighted by Gasteiger charge is -2.40. The van der Waals surface area contributed by atoms with Crippen LogP contribution < -0.4 is 4.90 Å². The molecule has 1 aliphatic rings. The Labute approximate surface area is 128 Å². The van der Waals surface area contributed by atoms with Crippen LogP contribution in [0.25, 0.3) is 0 Å². The summed E-state index contributed by atoms with van der Waals surface area (Å²) < 4.78 is 65.1. The fourth-order valence-corrected chi connectivity index (χ4v) is 3.15. The first-order valence-electron chi connectivity index (χ1n) is 6.56. The maximum atomic E-state index is 12.7. The molecule has 0 saturated heterocycles. The number of aromatic nitrogens is 2. The Bertz CT molecular complexity index is 784. The standard InChI is InChI=1S/C13H12F5N3OS/c1-9-8-20(13(22)12-6-7-19-21(9)12)10-2-4-11(5-3-10)23(14,15,16,17)18/h2-7,9H,8H2,1H3. The number of rotatable bonds is 2. The van der Waals surface area contributed by atoms with E-state index in [2.05, 4.69) is 5.10 Å². The topological polar surface area (TPSA) is 38.1 Å². The number of carbonyl (C=O) groups is 1. The molecular formula is C13H12F5N3OS. The summed E-state index contributed by atoms with van der Waals surface area (Å²) in [6.45, 7) is 1.97. The number of hydrogen-bond donors (Lipinski definition) is 0. The normalized spacial score (nSPS) is 21.6. The molecule has 126 valence electrons. The van der Waals surface area contributed by atoms with Gasteiger partial charge in [-0.25, -0.2) is 0 Å². The average Bonchev–Trinajstić information content (AvgIpc) is 2.91. The molecule has 0 spiro atoms. The molecule has 1 aliphatic heterocycles. The Morgan fingerprint density at radius 2 is 1.70 bits per heavy atom. The summed E-state index contributed by atoms with van der Waals surface area (Å²) >= 11 is 0. The molecule has 2 aromatic rings. The van der Waals surface area contributed by atoms with Crippen molar-refractivity contribution in [2.45, 2.75) is 17.9 Å². The number of halogens is 5. The predicted octanol–water partition coefficient (Wildman–Crippen LogP) is 4.76. The summed E-state index contributed by atoms with van der Waals surface area (Å²) in [7, 11) is -9.71. The van der Waals surface area contributed by atoms with Gasteiger partial charge in [-0.15, -0.1) is 0 Å². The highest BCUT2D eigenvalue weighted by Gasteiger charge is 2.65. The van der Waals surface area contributed by atoms with E-state index < -0.39 is 21.0 Å².